The van der Waals surface area contributed by atoms with Crippen LogP contribution in [0.4, 0.5) is 4.39 Å². The van der Waals surface area contributed by atoms with Crippen LogP contribution in [0.25, 0.3) is 0 Å². The summed E-state index contributed by atoms with van der Waals surface area (Å²) in [4.78, 5) is 13.2. The fourth-order valence-corrected chi connectivity index (χ4v) is 1.35. The van der Waals surface area contributed by atoms with E-state index in [0.717, 1.165) is 0 Å². The fraction of sp³-hybridized carbons (Fsp3) is 0.273. The molecule has 0 aliphatic carbocycles. The van der Waals surface area contributed by atoms with Crippen LogP contribution in [0, 0.1) is 17.1 Å². The number of isocyanates is 1. The van der Waals surface area contributed by atoms with Gasteiger partial charge in [-0.15, -0.1) is 0 Å². The first-order valence-corrected chi connectivity index (χ1v) is 4.53. The van der Waals surface area contributed by atoms with Gasteiger partial charge in [-0.25, -0.2) is 14.2 Å². The highest BCUT2D eigenvalue weighted by molar-refractivity contribution is 5.49. The number of benzene rings is 1. The maximum absolute atomic E-state index is 13.4. The van der Waals surface area contributed by atoms with Crippen molar-refractivity contribution in [2.24, 2.45) is 4.99 Å². The van der Waals surface area contributed by atoms with Gasteiger partial charge in [0.2, 0.25) is 6.08 Å². The van der Waals surface area contributed by atoms with Crippen LogP contribution in [-0.2, 0) is 11.2 Å². The second-order valence-electron chi connectivity index (χ2n) is 2.94. The van der Waals surface area contributed by atoms with Gasteiger partial charge in [0.1, 0.15) is 23.2 Å². The number of hydrogen-bond acceptors (Lipinski definition) is 4. The lowest BCUT2D eigenvalue weighted by atomic mass is 10.0. The molecule has 0 amide bonds. The Labute approximate surface area is 92.0 Å². The van der Waals surface area contributed by atoms with Gasteiger partial charge in [0.15, 0.2) is 0 Å². The molecular weight excluding hydrogens is 211 g/mol. The lowest BCUT2D eigenvalue weighted by molar-refractivity contribution is 0.411. The van der Waals surface area contributed by atoms with Crippen molar-refractivity contribution < 1.29 is 13.9 Å². The number of carbonyl (C=O) groups excluding carboxylic acids is 1. The van der Waals surface area contributed by atoms with E-state index in [2.05, 4.69) is 4.99 Å². The first-order chi connectivity index (χ1) is 7.74. The number of aliphatic imine (C=N–C) groups is 1. The first kappa shape index (κ1) is 11.9. The summed E-state index contributed by atoms with van der Waals surface area (Å²) in [6.07, 6.45) is 1.53. The molecule has 0 atom stereocenters. The van der Waals surface area contributed by atoms with Crippen molar-refractivity contribution in [1.29, 1.82) is 5.26 Å². The van der Waals surface area contributed by atoms with Crippen molar-refractivity contribution in [3.8, 4) is 11.8 Å². The summed E-state index contributed by atoms with van der Waals surface area (Å²) >= 11 is 0. The molecule has 0 bridgehead atoms. The number of halogens is 1. The summed E-state index contributed by atoms with van der Waals surface area (Å²) in [7, 11) is 1.40. The molecule has 1 aromatic rings. The maximum atomic E-state index is 13.4. The SMILES string of the molecule is COc1ccc(F)c(CCN=C=O)c1C#N. The zero-order valence-electron chi connectivity index (χ0n) is 8.66. The van der Waals surface area contributed by atoms with Gasteiger partial charge in [0, 0.05) is 5.56 Å². The second-order valence-corrected chi connectivity index (χ2v) is 2.94. The van der Waals surface area contributed by atoms with Gasteiger partial charge in [0.05, 0.1) is 13.7 Å². The van der Waals surface area contributed by atoms with E-state index in [1.165, 1.54) is 25.3 Å². The van der Waals surface area contributed by atoms with Crippen LogP contribution < -0.4 is 4.74 Å². The van der Waals surface area contributed by atoms with E-state index < -0.39 is 5.82 Å². The number of nitriles is 1. The monoisotopic (exact) mass is 220 g/mol. The molecule has 0 saturated heterocycles. The summed E-state index contributed by atoms with van der Waals surface area (Å²) in [6, 6.07) is 4.49. The van der Waals surface area contributed by atoms with Crippen LogP contribution in [0.1, 0.15) is 11.1 Å². The quantitative estimate of drug-likeness (QED) is 0.571. The van der Waals surface area contributed by atoms with Crippen molar-refractivity contribution in [2.75, 3.05) is 13.7 Å². The lowest BCUT2D eigenvalue weighted by Gasteiger charge is -2.08. The van der Waals surface area contributed by atoms with Crippen LogP contribution in [0.3, 0.4) is 0 Å². The molecule has 0 aliphatic heterocycles. The molecule has 5 heteroatoms. The summed E-state index contributed by atoms with van der Waals surface area (Å²) in [5, 5.41) is 8.91. The highest BCUT2D eigenvalue weighted by Crippen LogP contribution is 2.24. The minimum Gasteiger partial charge on any atom is -0.495 e. The molecule has 16 heavy (non-hydrogen) atoms. The molecule has 0 N–H and O–H groups in total. The standard InChI is InChI=1S/C11H9FN2O2/c1-16-11-3-2-10(12)8(9(11)6-13)4-5-14-7-15/h2-3H,4-5H2,1H3. The minimum absolute atomic E-state index is 0.0995. The molecule has 0 radical (unpaired) electrons. The van der Waals surface area contributed by atoms with Gasteiger partial charge < -0.3 is 4.74 Å². The van der Waals surface area contributed by atoms with E-state index in [1.54, 1.807) is 0 Å². The Kier molecular flexibility index (Phi) is 4.19. The smallest absolute Gasteiger partial charge is 0.234 e. The Hall–Kier alpha value is -2.18. The molecule has 0 aliphatic rings. The van der Waals surface area contributed by atoms with Crippen LogP contribution in [0.15, 0.2) is 17.1 Å². The Balaban J connectivity index is 3.14. The number of rotatable bonds is 4. The summed E-state index contributed by atoms with van der Waals surface area (Å²) in [5.41, 5.74) is 0.351. The summed E-state index contributed by atoms with van der Waals surface area (Å²) in [6.45, 7) is 0.0995. The average molecular weight is 220 g/mol. The zero-order chi connectivity index (χ0) is 12.0. The third-order valence-electron chi connectivity index (χ3n) is 2.09. The molecule has 1 rings (SSSR count). The number of ether oxygens (including phenoxy) is 1. The average Bonchev–Trinajstić information content (AvgIpc) is 2.31. The number of methoxy groups -OCH3 is 1. The van der Waals surface area contributed by atoms with Gasteiger partial charge in [0.25, 0.3) is 0 Å². The Morgan fingerprint density at radius 2 is 2.31 bits per heavy atom. The lowest BCUT2D eigenvalue weighted by Crippen LogP contribution is -2.00. The Morgan fingerprint density at radius 1 is 1.56 bits per heavy atom. The van der Waals surface area contributed by atoms with Crippen molar-refractivity contribution in [3.63, 3.8) is 0 Å². The Bertz CT molecular complexity index is 474. The van der Waals surface area contributed by atoms with E-state index in [-0.39, 0.29) is 24.1 Å². The van der Waals surface area contributed by atoms with Crippen LogP contribution in [0.5, 0.6) is 5.75 Å². The largest absolute Gasteiger partial charge is 0.495 e. The summed E-state index contributed by atoms with van der Waals surface area (Å²) < 4.78 is 18.4. The van der Waals surface area contributed by atoms with Gasteiger partial charge in [-0.05, 0) is 18.6 Å². The molecule has 0 saturated carbocycles. The predicted molar refractivity (Wildman–Crippen MR) is 54.4 cm³/mol. The van der Waals surface area contributed by atoms with Gasteiger partial charge in [-0.1, -0.05) is 0 Å². The van der Waals surface area contributed by atoms with E-state index in [9.17, 15) is 9.18 Å². The molecule has 0 spiro atoms. The van der Waals surface area contributed by atoms with E-state index >= 15 is 0 Å². The van der Waals surface area contributed by atoms with Crippen LogP contribution in [-0.4, -0.2) is 19.7 Å². The Morgan fingerprint density at radius 3 is 2.88 bits per heavy atom. The van der Waals surface area contributed by atoms with Crippen molar-refractivity contribution in [2.45, 2.75) is 6.42 Å². The molecule has 0 heterocycles. The third kappa shape index (κ3) is 2.44. The van der Waals surface area contributed by atoms with Gasteiger partial charge >= 0.3 is 0 Å². The molecule has 0 fully saturated rings. The number of nitrogens with zero attached hydrogens (tertiary/aromatic N) is 2. The fourth-order valence-electron chi connectivity index (χ4n) is 1.35. The molecule has 4 nitrogen and oxygen atoms in total. The molecule has 1 aromatic carbocycles. The molecule has 0 aromatic heterocycles. The zero-order valence-corrected chi connectivity index (χ0v) is 8.66. The molecule has 82 valence electrons. The predicted octanol–water partition coefficient (Wildman–Crippen LogP) is 1.58. The summed E-state index contributed by atoms with van der Waals surface area (Å²) in [5.74, 6) is -0.188. The van der Waals surface area contributed by atoms with Crippen molar-refractivity contribution in [3.05, 3.63) is 29.1 Å². The van der Waals surface area contributed by atoms with Crippen molar-refractivity contribution in [1.82, 2.24) is 0 Å². The minimum atomic E-state index is -0.501. The van der Waals surface area contributed by atoms with Crippen LogP contribution >= 0.6 is 0 Å². The topological polar surface area (TPSA) is 62.4 Å². The van der Waals surface area contributed by atoms with E-state index in [1.807, 2.05) is 6.07 Å². The number of hydrogen-bond donors (Lipinski definition) is 0. The maximum Gasteiger partial charge on any atom is 0.234 e. The molecular formula is C11H9FN2O2. The second kappa shape index (κ2) is 5.64. The van der Waals surface area contributed by atoms with Crippen molar-refractivity contribution >= 4 is 6.08 Å². The normalized spacial score (nSPS) is 9.06. The van der Waals surface area contributed by atoms with Gasteiger partial charge in [-0.3, -0.25) is 0 Å². The van der Waals surface area contributed by atoms with Gasteiger partial charge in [-0.2, -0.15) is 5.26 Å². The molecule has 0 unspecified atom stereocenters. The highest BCUT2D eigenvalue weighted by Gasteiger charge is 2.13. The highest BCUT2D eigenvalue weighted by atomic mass is 19.1. The van der Waals surface area contributed by atoms with E-state index in [4.69, 9.17) is 10.00 Å². The first-order valence-electron chi connectivity index (χ1n) is 4.53. The van der Waals surface area contributed by atoms with Crippen LogP contribution in [0.2, 0.25) is 0 Å². The third-order valence-corrected chi connectivity index (χ3v) is 2.09. The van der Waals surface area contributed by atoms with E-state index in [0.29, 0.717) is 5.75 Å².